The summed E-state index contributed by atoms with van der Waals surface area (Å²) in [5.41, 5.74) is 11.4. The van der Waals surface area contributed by atoms with Crippen LogP contribution in [0.4, 0.5) is 0 Å². The zero-order valence-electron chi connectivity index (χ0n) is 13.7. The molecule has 0 aromatic heterocycles. The fourth-order valence-corrected chi connectivity index (χ4v) is 3.65. The number of aryl methyl sites for hydroxylation is 2. The molecule has 2 atom stereocenters. The Morgan fingerprint density at radius 3 is 2.88 bits per heavy atom. The van der Waals surface area contributed by atoms with Gasteiger partial charge in [-0.15, -0.1) is 12.4 Å². The van der Waals surface area contributed by atoms with Gasteiger partial charge in [-0.05, 0) is 60.1 Å². The molecule has 2 unspecified atom stereocenters. The molecule has 24 heavy (non-hydrogen) atoms. The summed E-state index contributed by atoms with van der Waals surface area (Å²) < 4.78 is 11.9. The molecule has 1 aliphatic carbocycles. The van der Waals surface area contributed by atoms with Crippen LogP contribution in [0, 0.1) is 0 Å². The van der Waals surface area contributed by atoms with Crippen LogP contribution < -0.4 is 10.5 Å². The molecule has 2 aliphatic rings. The van der Waals surface area contributed by atoms with E-state index < -0.39 is 0 Å². The van der Waals surface area contributed by atoms with Crippen molar-refractivity contribution in [3.8, 4) is 5.75 Å². The number of benzene rings is 2. The molecule has 0 fully saturated rings. The van der Waals surface area contributed by atoms with E-state index in [2.05, 4.69) is 42.5 Å². The van der Waals surface area contributed by atoms with Crippen LogP contribution >= 0.6 is 12.4 Å². The third-order valence-electron chi connectivity index (χ3n) is 4.90. The molecule has 4 rings (SSSR count). The maximum absolute atomic E-state index is 6.32. The van der Waals surface area contributed by atoms with Gasteiger partial charge in [0, 0.05) is 6.04 Å². The largest absolute Gasteiger partial charge is 0.493 e. The van der Waals surface area contributed by atoms with Crippen molar-refractivity contribution in [3.63, 3.8) is 0 Å². The maximum atomic E-state index is 6.32. The molecule has 2 aromatic carbocycles. The monoisotopic (exact) mass is 345 g/mol. The third kappa shape index (κ3) is 3.44. The first kappa shape index (κ1) is 17.3. The highest BCUT2D eigenvalue weighted by Gasteiger charge is 2.27. The molecule has 2 N–H and O–H groups in total. The molecule has 1 heterocycles. The van der Waals surface area contributed by atoms with Crippen LogP contribution in [-0.2, 0) is 24.2 Å². The summed E-state index contributed by atoms with van der Waals surface area (Å²) in [4.78, 5) is 0. The van der Waals surface area contributed by atoms with Crippen LogP contribution in [0.5, 0.6) is 5.75 Å². The van der Waals surface area contributed by atoms with Crippen LogP contribution in [0.15, 0.2) is 42.5 Å². The van der Waals surface area contributed by atoms with Crippen molar-refractivity contribution in [1.82, 2.24) is 0 Å². The Morgan fingerprint density at radius 2 is 1.96 bits per heavy atom. The lowest BCUT2D eigenvalue weighted by atomic mass is 9.86. The summed E-state index contributed by atoms with van der Waals surface area (Å²) >= 11 is 0. The molecule has 0 saturated carbocycles. The standard InChI is InChI=1S/C20H23NO2.ClH/c21-18-9-8-15-4-1-2-6-17(15)20(18)23-13-14-7-10-19-16(12-14)5-3-11-22-19;/h1-2,4,6-7,10,12,18,20H,3,5,8-9,11,13,21H2;1H. The highest BCUT2D eigenvalue weighted by molar-refractivity contribution is 5.85. The van der Waals surface area contributed by atoms with Crippen molar-refractivity contribution in [2.45, 2.75) is 44.4 Å². The van der Waals surface area contributed by atoms with Crippen molar-refractivity contribution in [3.05, 3.63) is 64.7 Å². The molecule has 0 spiro atoms. The summed E-state index contributed by atoms with van der Waals surface area (Å²) in [6.07, 6.45) is 4.22. The van der Waals surface area contributed by atoms with E-state index >= 15 is 0 Å². The lowest BCUT2D eigenvalue weighted by molar-refractivity contribution is 0.0155. The molecule has 3 nitrogen and oxygen atoms in total. The van der Waals surface area contributed by atoms with Gasteiger partial charge in [0.15, 0.2) is 0 Å². The first-order valence-corrected chi connectivity index (χ1v) is 8.51. The first-order valence-electron chi connectivity index (χ1n) is 8.51. The van der Waals surface area contributed by atoms with Gasteiger partial charge < -0.3 is 15.2 Å². The molecule has 0 amide bonds. The summed E-state index contributed by atoms with van der Waals surface area (Å²) in [5.74, 6) is 1.03. The number of hydrogen-bond acceptors (Lipinski definition) is 3. The number of hydrogen-bond donors (Lipinski definition) is 1. The summed E-state index contributed by atoms with van der Waals surface area (Å²) in [5, 5.41) is 0. The van der Waals surface area contributed by atoms with E-state index in [9.17, 15) is 0 Å². The van der Waals surface area contributed by atoms with Crippen LogP contribution in [-0.4, -0.2) is 12.6 Å². The first-order chi connectivity index (χ1) is 11.3. The second-order valence-electron chi connectivity index (χ2n) is 6.53. The normalized spacial score (nSPS) is 21.9. The Kier molecular flexibility index (Phi) is 5.44. The Labute approximate surface area is 149 Å². The van der Waals surface area contributed by atoms with E-state index in [0.29, 0.717) is 6.61 Å². The molecule has 2 aromatic rings. The van der Waals surface area contributed by atoms with Crippen molar-refractivity contribution < 1.29 is 9.47 Å². The molecule has 128 valence electrons. The van der Waals surface area contributed by atoms with Crippen molar-refractivity contribution in [2.75, 3.05) is 6.61 Å². The van der Waals surface area contributed by atoms with Crippen LogP contribution in [0.1, 0.15) is 41.2 Å². The average molecular weight is 346 g/mol. The Bertz CT molecular complexity index is 704. The molecule has 0 radical (unpaired) electrons. The smallest absolute Gasteiger partial charge is 0.122 e. The van der Waals surface area contributed by atoms with Crippen molar-refractivity contribution >= 4 is 12.4 Å². The third-order valence-corrected chi connectivity index (χ3v) is 4.90. The SMILES string of the molecule is Cl.NC1CCc2ccccc2C1OCc1ccc2c(c1)CCCO2. The molecular formula is C20H24ClNO2. The molecule has 1 aliphatic heterocycles. The summed E-state index contributed by atoms with van der Waals surface area (Å²) in [6, 6.07) is 15.0. The Hall–Kier alpha value is -1.55. The van der Waals surface area contributed by atoms with E-state index in [1.54, 1.807) is 0 Å². The second kappa shape index (κ2) is 7.56. The van der Waals surface area contributed by atoms with Gasteiger partial charge >= 0.3 is 0 Å². The maximum Gasteiger partial charge on any atom is 0.122 e. The highest BCUT2D eigenvalue weighted by Crippen LogP contribution is 2.33. The Morgan fingerprint density at radius 1 is 1.08 bits per heavy atom. The Balaban J connectivity index is 0.00000169. The quantitative estimate of drug-likeness (QED) is 0.915. The van der Waals surface area contributed by atoms with Gasteiger partial charge in [0.05, 0.1) is 19.3 Å². The van der Waals surface area contributed by atoms with E-state index in [1.807, 2.05) is 0 Å². The van der Waals surface area contributed by atoms with Crippen LogP contribution in [0.3, 0.4) is 0 Å². The molecule has 0 saturated heterocycles. The number of rotatable bonds is 3. The predicted octanol–water partition coefficient (Wildman–Crippen LogP) is 3.96. The number of fused-ring (bicyclic) bond motifs is 2. The topological polar surface area (TPSA) is 44.5 Å². The molecular weight excluding hydrogens is 322 g/mol. The molecule has 0 bridgehead atoms. The van der Waals surface area contributed by atoms with Gasteiger partial charge in [0.2, 0.25) is 0 Å². The van der Waals surface area contributed by atoms with Crippen LogP contribution in [0.25, 0.3) is 0 Å². The number of nitrogens with two attached hydrogens (primary N) is 1. The van der Waals surface area contributed by atoms with Crippen LogP contribution in [0.2, 0.25) is 0 Å². The van der Waals surface area contributed by atoms with E-state index in [4.69, 9.17) is 15.2 Å². The fraction of sp³-hybridized carbons (Fsp3) is 0.400. The van der Waals surface area contributed by atoms with Gasteiger partial charge in [-0.3, -0.25) is 0 Å². The predicted molar refractivity (Wildman–Crippen MR) is 97.8 cm³/mol. The lowest BCUT2D eigenvalue weighted by Gasteiger charge is -2.31. The number of ether oxygens (including phenoxy) is 2. The summed E-state index contributed by atoms with van der Waals surface area (Å²) in [6.45, 7) is 1.43. The minimum Gasteiger partial charge on any atom is -0.493 e. The highest BCUT2D eigenvalue weighted by atomic mass is 35.5. The van der Waals surface area contributed by atoms with Crippen molar-refractivity contribution in [2.24, 2.45) is 5.73 Å². The minimum absolute atomic E-state index is 0. The lowest BCUT2D eigenvalue weighted by Crippen LogP contribution is -2.34. The summed E-state index contributed by atoms with van der Waals surface area (Å²) in [7, 11) is 0. The fourth-order valence-electron chi connectivity index (χ4n) is 3.65. The molecule has 4 heteroatoms. The zero-order valence-corrected chi connectivity index (χ0v) is 14.6. The van der Waals surface area contributed by atoms with Gasteiger partial charge in [0.25, 0.3) is 0 Å². The number of halogens is 1. The van der Waals surface area contributed by atoms with Gasteiger partial charge in [0.1, 0.15) is 5.75 Å². The zero-order chi connectivity index (χ0) is 15.6. The van der Waals surface area contributed by atoms with Gasteiger partial charge in [-0.2, -0.15) is 0 Å². The second-order valence-corrected chi connectivity index (χ2v) is 6.53. The van der Waals surface area contributed by atoms with Crippen molar-refractivity contribution in [1.29, 1.82) is 0 Å². The van der Waals surface area contributed by atoms with E-state index in [0.717, 1.165) is 38.0 Å². The van der Waals surface area contributed by atoms with Gasteiger partial charge in [-0.1, -0.05) is 30.3 Å². The van der Waals surface area contributed by atoms with E-state index in [-0.39, 0.29) is 24.6 Å². The average Bonchev–Trinajstić information content (AvgIpc) is 2.61. The van der Waals surface area contributed by atoms with E-state index in [1.165, 1.54) is 22.3 Å². The minimum atomic E-state index is -0.00719. The van der Waals surface area contributed by atoms with Gasteiger partial charge in [-0.25, -0.2) is 0 Å².